The third kappa shape index (κ3) is 3.96. The summed E-state index contributed by atoms with van der Waals surface area (Å²) in [5, 5.41) is 10.6. The Morgan fingerprint density at radius 3 is 2.95 bits per heavy atom. The molecular formula is C13H18N4O2. The number of ether oxygens (including phenoxy) is 1. The van der Waals surface area contributed by atoms with E-state index in [0.29, 0.717) is 25.1 Å². The Hall–Kier alpha value is -2.08. The number of hydrogen-bond acceptors (Lipinski definition) is 6. The first kappa shape index (κ1) is 13.4. The van der Waals surface area contributed by atoms with Gasteiger partial charge in [-0.15, -0.1) is 5.10 Å². The van der Waals surface area contributed by atoms with Gasteiger partial charge in [0, 0.05) is 0 Å². The van der Waals surface area contributed by atoms with E-state index in [1.807, 2.05) is 31.2 Å². The normalized spacial score (nSPS) is 12.2. The number of nitrogens with zero attached hydrogens (tertiary/aromatic N) is 2. The number of aryl methyl sites for hydroxylation is 1. The number of rotatable bonds is 6. The van der Waals surface area contributed by atoms with E-state index in [4.69, 9.17) is 14.9 Å². The van der Waals surface area contributed by atoms with Crippen LogP contribution in [0.15, 0.2) is 28.7 Å². The van der Waals surface area contributed by atoms with Crippen molar-refractivity contribution in [1.29, 1.82) is 0 Å². The summed E-state index contributed by atoms with van der Waals surface area (Å²) in [6, 6.07) is 8.01. The van der Waals surface area contributed by atoms with Crippen LogP contribution in [0.2, 0.25) is 0 Å². The summed E-state index contributed by atoms with van der Waals surface area (Å²) >= 11 is 0. The summed E-state index contributed by atoms with van der Waals surface area (Å²) < 4.78 is 10.9. The second-order valence-electron chi connectivity index (χ2n) is 4.33. The molecule has 1 heterocycles. The molecule has 0 fully saturated rings. The molecule has 0 spiro atoms. The van der Waals surface area contributed by atoms with Crippen molar-refractivity contribution in [3.05, 3.63) is 35.7 Å². The molecule has 2 aromatic rings. The predicted octanol–water partition coefficient (Wildman–Crippen LogP) is 1.89. The van der Waals surface area contributed by atoms with Crippen molar-refractivity contribution in [3.63, 3.8) is 0 Å². The third-order valence-corrected chi connectivity index (χ3v) is 2.47. The van der Waals surface area contributed by atoms with Gasteiger partial charge in [-0.3, -0.25) is 0 Å². The molecule has 2 rings (SSSR count). The molecule has 1 aromatic carbocycles. The Kier molecular flexibility index (Phi) is 4.35. The van der Waals surface area contributed by atoms with Crippen LogP contribution in [0.25, 0.3) is 0 Å². The van der Waals surface area contributed by atoms with Gasteiger partial charge in [0.05, 0.1) is 12.6 Å². The van der Waals surface area contributed by atoms with Crippen LogP contribution in [-0.4, -0.2) is 23.3 Å². The van der Waals surface area contributed by atoms with Crippen molar-refractivity contribution in [2.45, 2.75) is 19.9 Å². The fourth-order valence-electron chi connectivity index (χ4n) is 1.52. The Morgan fingerprint density at radius 1 is 1.42 bits per heavy atom. The maximum absolute atomic E-state index is 5.62. The van der Waals surface area contributed by atoms with Gasteiger partial charge in [0.15, 0.2) is 0 Å². The van der Waals surface area contributed by atoms with Crippen molar-refractivity contribution >= 4 is 6.01 Å². The molecule has 6 nitrogen and oxygen atoms in total. The first-order valence-corrected chi connectivity index (χ1v) is 6.17. The molecule has 1 aromatic heterocycles. The summed E-state index contributed by atoms with van der Waals surface area (Å²) in [6.07, 6.45) is 0. The maximum Gasteiger partial charge on any atom is 0.315 e. The van der Waals surface area contributed by atoms with E-state index < -0.39 is 0 Å². The van der Waals surface area contributed by atoms with E-state index in [0.717, 1.165) is 5.75 Å². The highest BCUT2D eigenvalue weighted by Gasteiger charge is 2.08. The van der Waals surface area contributed by atoms with E-state index in [1.165, 1.54) is 5.56 Å². The number of nitrogens with one attached hydrogen (secondary N) is 1. The van der Waals surface area contributed by atoms with Gasteiger partial charge in [-0.05, 0) is 31.5 Å². The van der Waals surface area contributed by atoms with Gasteiger partial charge in [0.2, 0.25) is 5.89 Å². The van der Waals surface area contributed by atoms with Gasteiger partial charge in [0.1, 0.15) is 12.4 Å². The fourth-order valence-corrected chi connectivity index (χ4v) is 1.52. The minimum absolute atomic E-state index is 0.258. The van der Waals surface area contributed by atoms with Gasteiger partial charge in [-0.1, -0.05) is 17.2 Å². The molecule has 6 heteroatoms. The monoisotopic (exact) mass is 262 g/mol. The van der Waals surface area contributed by atoms with E-state index in [1.54, 1.807) is 6.92 Å². The molecule has 0 aliphatic heterocycles. The largest absolute Gasteiger partial charge is 0.492 e. The second kappa shape index (κ2) is 6.19. The van der Waals surface area contributed by atoms with Crippen molar-refractivity contribution in [3.8, 4) is 5.75 Å². The van der Waals surface area contributed by atoms with Gasteiger partial charge in [0.25, 0.3) is 0 Å². The first-order valence-electron chi connectivity index (χ1n) is 6.17. The van der Waals surface area contributed by atoms with Crippen LogP contribution in [-0.2, 0) is 0 Å². The van der Waals surface area contributed by atoms with Crippen LogP contribution in [0.3, 0.4) is 0 Å². The molecule has 102 valence electrons. The van der Waals surface area contributed by atoms with E-state index in [-0.39, 0.29) is 6.04 Å². The number of nitrogens with two attached hydrogens (primary N) is 1. The predicted molar refractivity (Wildman–Crippen MR) is 72.1 cm³/mol. The van der Waals surface area contributed by atoms with Crippen LogP contribution in [0.4, 0.5) is 6.01 Å². The van der Waals surface area contributed by atoms with Gasteiger partial charge >= 0.3 is 6.01 Å². The lowest BCUT2D eigenvalue weighted by atomic mass is 10.2. The molecule has 3 N–H and O–H groups in total. The molecule has 0 saturated heterocycles. The molecule has 0 radical (unpaired) electrons. The third-order valence-electron chi connectivity index (χ3n) is 2.47. The van der Waals surface area contributed by atoms with Crippen molar-refractivity contribution in [2.75, 3.05) is 18.5 Å². The molecule has 1 unspecified atom stereocenters. The SMILES string of the molecule is Cc1cccc(OCCNc2nnc(C(C)N)o2)c1. The van der Waals surface area contributed by atoms with Crippen LogP contribution < -0.4 is 15.8 Å². The minimum Gasteiger partial charge on any atom is -0.492 e. The summed E-state index contributed by atoms with van der Waals surface area (Å²) in [7, 11) is 0. The molecule has 0 aliphatic carbocycles. The fraction of sp³-hybridized carbons (Fsp3) is 0.385. The van der Waals surface area contributed by atoms with Crippen molar-refractivity contribution in [1.82, 2.24) is 10.2 Å². The average molecular weight is 262 g/mol. The average Bonchev–Trinajstić information content (AvgIpc) is 2.84. The lowest BCUT2D eigenvalue weighted by Crippen LogP contribution is -2.11. The molecule has 0 amide bonds. The van der Waals surface area contributed by atoms with Crippen molar-refractivity contribution in [2.24, 2.45) is 5.73 Å². The zero-order chi connectivity index (χ0) is 13.7. The Balaban J connectivity index is 1.74. The van der Waals surface area contributed by atoms with Gasteiger partial charge in [-0.25, -0.2) is 0 Å². The highest BCUT2D eigenvalue weighted by Crippen LogP contribution is 2.13. The summed E-state index contributed by atoms with van der Waals surface area (Å²) in [4.78, 5) is 0. The molecule has 0 bridgehead atoms. The Morgan fingerprint density at radius 2 is 2.26 bits per heavy atom. The zero-order valence-corrected chi connectivity index (χ0v) is 11.1. The lowest BCUT2D eigenvalue weighted by Gasteiger charge is -2.06. The summed E-state index contributed by atoms with van der Waals surface area (Å²) in [6.45, 7) is 4.91. The van der Waals surface area contributed by atoms with E-state index in [9.17, 15) is 0 Å². The number of hydrogen-bond donors (Lipinski definition) is 2. The molecule has 0 aliphatic rings. The maximum atomic E-state index is 5.62. The van der Waals surface area contributed by atoms with E-state index in [2.05, 4.69) is 15.5 Å². The summed E-state index contributed by atoms with van der Waals surface area (Å²) in [5.41, 5.74) is 6.79. The standard InChI is InChI=1S/C13H18N4O2/c1-9-4-3-5-11(8-9)18-7-6-15-13-17-16-12(19-13)10(2)14/h3-5,8,10H,6-7,14H2,1-2H3,(H,15,17). The number of anilines is 1. The van der Waals surface area contributed by atoms with Crippen LogP contribution in [0.5, 0.6) is 5.75 Å². The number of aromatic nitrogens is 2. The topological polar surface area (TPSA) is 86.2 Å². The van der Waals surface area contributed by atoms with Crippen molar-refractivity contribution < 1.29 is 9.15 Å². The highest BCUT2D eigenvalue weighted by molar-refractivity contribution is 5.27. The zero-order valence-electron chi connectivity index (χ0n) is 11.1. The first-order chi connectivity index (χ1) is 9.15. The second-order valence-corrected chi connectivity index (χ2v) is 4.33. The van der Waals surface area contributed by atoms with Gasteiger partial charge in [-0.2, -0.15) is 0 Å². The quantitative estimate of drug-likeness (QED) is 0.773. The minimum atomic E-state index is -0.258. The molecule has 19 heavy (non-hydrogen) atoms. The Bertz CT molecular complexity index is 525. The molecule has 0 saturated carbocycles. The number of benzene rings is 1. The smallest absolute Gasteiger partial charge is 0.315 e. The van der Waals surface area contributed by atoms with E-state index >= 15 is 0 Å². The molecular weight excluding hydrogens is 244 g/mol. The Labute approximate surface area is 112 Å². The summed E-state index contributed by atoms with van der Waals surface area (Å²) in [5.74, 6) is 1.27. The highest BCUT2D eigenvalue weighted by atomic mass is 16.5. The van der Waals surface area contributed by atoms with Crippen LogP contribution in [0, 0.1) is 6.92 Å². The molecule has 1 atom stereocenters. The lowest BCUT2D eigenvalue weighted by molar-refractivity contribution is 0.331. The van der Waals surface area contributed by atoms with Crippen LogP contribution >= 0.6 is 0 Å². The van der Waals surface area contributed by atoms with Crippen LogP contribution in [0.1, 0.15) is 24.4 Å². The van der Waals surface area contributed by atoms with Gasteiger partial charge < -0.3 is 20.2 Å².